The number of rotatable bonds is 4. The Morgan fingerprint density at radius 2 is 2.27 bits per heavy atom. The molecule has 0 aliphatic rings. The molecule has 0 saturated carbocycles. The summed E-state index contributed by atoms with van der Waals surface area (Å²) >= 11 is 0. The fourth-order valence-corrected chi connectivity index (χ4v) is 1.84. The molecule has 0 radical (unpaired) electrons. The van der Waals surface area contributed by atoms with E-state index in [9.17, 15) is 0 Å². The van der Waals surface area contributed by atoms with Gasteiger partial charge < -0.3 is 5.73 Å². The highest BCUT2D eigenvalue weighted by Crippen LogP contribution is 2.18. The Bertz CT molecular complexity index is 435. The minimum atomic E-state index is 0.312. The molecule has 1 atom stereocenters. The lowest BCUT2D eigenvalue weighted by molar-refractivity contribution is 0.583. The van der Waals surface area contributed by atoms with Crippen molar-refractivity contribution >= 4 is 5.65 Å². The fraction of sp³-hybridized carbons (Fsp3) is 0.455. The Morgan fingerprint density at radius 3 is 3.00 bits per heavy atom. The van der Waals surface area contributed by atoms with Gasteiger partial charge in [0.15, 0.2) is 5.65 Å². The van der Waals surface area contributed by atoms with Gasteiger partial charge in [0.05, 0.1) is 0 Å². The van der Waals surface area contributed by atoms with E-state index in [1.165, 1.54) is 0 Å². The molecule has 0 aromatic carbocycles. The average molecular weight is 204 g/mol. The molecule has 0 amide bonds. The Balaban J connectivity index is 2.41. The molecule has 1 unspecified atom stereocenters. The Morgan fingerprint density at radius 1 is 1.40 bits per heavy atom. The number of hydrogen-bond acceptors (Lipinski definition) is 3. The molecule has 2 N–H and O–H groups in total. The van der Waals surface area contributed by atoms with Crippen molar-refractivity contribution in [2.45, 2.75) is 25.7 Å². The van der Waals surface area contributed by atoms with E-state index >= 15 is 0 Å². The van der Waals surface area contributed by atoms with Crippen LogP contribution in [0, 0.1) is 0 Å². The van der Waals surface area contributed by atoms with Crippen molar-refractivity contribution in [3.05, 3.63) is 30.2 Å². The molecular weight excluding hydrogens is 188 g/mol. The molecule has 4 nitrogen and oxygen atoms in total. The van der Waals surface area contributed by atoms with E-state index < -0.39 is 0 Å². The van der Waals surface area contributed by atoms with E-state index in [2.05, 4.69) is 17.1 Å². The summed E-state index contributed by atoms with van der Waals surface area (Å²) in [4.78, 5) is 0. The van der Waals surface area contributed by atoms with Crippen LogP contribution in [0.15, 0.2) is 24.4 Å². The van der Waals surface area contributed by atoms with Crippen LogP contribution < -0.4 is 5.73 Å². The summed E-state index contributed by atoms with van der Waals surface area (Å²) in [6.45, 7) is 2.79. The van der Waals surface area contributed by atoms with Crippen LogP contribution in [0.4, 0.5) is 0 Å². The molecule has 2 heterocycles. The molecule has 0 aliphatic heterocycles. The van der Waals surface area contributed by atoms with E-state index in [4.69, 9.17) is 5.73 Å². The molecule has 0 bridgehead atoms. The smallest absolute Gasteiger partial charge is 0.160 e. The molecule has 0 saturated heterocycles. The van der Waals surface area contributed by atoms with Crippen LogP contribution in [0.5, 0.6) is 0 Å². The van der Waals surface area contributed by atoms with Crippen LogP contribution in [-0.2, 0) is 0 Å². The lowest BCUT2D eigenvalue weighted by Crippen LogP contribution is -2.15. The van der Waals surface area contributed by atoms with Gasteiger partial charge in [-0.05, 0) is 18.6 Å². The van der Waals surface area contributed by atoms with Gasteiger partial charge in [0, 0.05) is 18.7 Å². The quantitative estimate of drug-likeness (QED) is 0.822. The number of nitrogens with zero attached hydrogens (tertiary/aromatic N) is 3. The van der Waals surface area contributed by atoms with Gasteiger partial charge in [0.25, 0.3) is 0 Å². The topological polar surface area (TPSA) is 56.2 Å². The van der Waals surface area contributed by atoms with Crippen LogP contribution >= 0.6 is 0 Å². The summed E-state index contributed by atoms with van der Waals surface area (Å²) in [5, 5.41) is 8.35. The molecule has 2 aromatic rings. The van der Waals surface area contributed by atoms with Crippen LogP contribution in [0.25, 0.3) is 5.65 Å². The first-order valence-corrected chi connectivity index (χ1v) is 5.36. The number of nitrogens with two attached hydrogens (primary N) is 1. The molecule has 0 fully saturated rings. The van der Waals surface area contributed by atoms with E-state index in [0.717, 1.165) is 24.3 Å². The summed E-state index contributed by atoms with van der Waals surface area (Å²) in [6, 6.07) is 5.90. The van der Waals surface area contributed by atoms with Crippen molar-refractivity contribution in [2.75, 3.05) is 6.54 Å². The molecule has 4 heteroatoms. The van der Waals surface area contributed by atoms with Crippen LogP contribution in [0.2, 0.25) is 0 Å². The van der Waals surface area contributed by atoms with Crippen LogP contribution in [0.3, 0.4) is 0 Å². The molecule has 2 aromatic heterocycles. The zero-order chi connectivity index (χ0) is 10.7. The first-order chi connectivity index (χ1) is 7.36. The first-order valence-electron chi connectivity index (χ1n) is 5.36. The Kier molecular flexibility index (Phi) is 2.97. The predicted octanol–water partition coefficient (Wildman–Crippen LogP) is 1.57. The SMILES string of the molecule is CCCC(CN)c1nnc2ccccn12. The van der Waals surface area contributed by atoms with Gasteiger partial charge in [0.2, 0.25) is 0 Å². The standard InChI is InChI=1S/C11H16N4/c1-2-5-9(8-12)11-14-13-10-6-3-4-7-15(10)11/h3-4,6-7,9H,2,5,8,12H2,1H3. The predicted molar refractivity (Wildman–Crippen MR) is 59.7 cm³/mol. The maximum Gasteiger partial charge on any atom is 0.160 e. The average Bonchev–Trinajstić information content (AvgIpc) is 2.70. The monoisotopic (exact) mass is 204 g/mol. The van der Waals surface area contributed by atoms with Gasteiger partial charge in [-0.1, -0.05) is 19.4 Å². The highest BCUT2D eigenvalue weighted by atomic mass is 15.2. The largest absolute Gasteiger partial charge is 0.330 e. The lowest BCUT2D eigenvalue weighted by Gasteiger charge is -2.10. The minimum Gasteiger partial charge on any atom is -0.330 e. The molecule has 0 spiro atoms. The third kappa shape index (κ3) is 1.85. The van der Waals surface area contributed by atoms with Gasteiger partial charge in [-0.25, -0.2) is 0 Å². The molecule has 80 valence electrons. The van der Waals surface area contributed by atoms with Gasteiger partial charge in [0.1, 0.15) is 5.82 Å². The van der Waals surface area contributed by atoms with Crippen molar-refractivity contribution < 1.29 is 0 Å². The maximum absolute atomic E-state index is 5.76. The maximum atomic E-state index is 5.76. The van der Waals surface area contributed by atoms with Crippen molar-refractivity contribution in [3.63, 3.8) is 0 Å². The molecule has 2 rings (SSSR count). The molecular formula is C11H16N4. The lowest BCUT2D eigenvalue weighted by atomic mass is 10.0. The highest BCUT2D eigenvalue weighted by molar-refractivity contribution is 5.37. The van der Waals surface area contributed by atoms with E-state index in [0.29, 0.717) is 12.5 Å². The van der Waals surface area contributed by atoms with Gasteiger partial charge in [-0.15, -0.1) is 10.2 Å². The van der Waals surface area contributed by atoms with Gasteiger partial charge in [-0.3, -0.25) is 4.40 Å². The minimum absolute atomic E-state index is 0.312. The van der Waals surface area contributed by atoms with Gasteiger partial charge >= 0.3 is 0 Å². The Labute approximate surface area is 89.1 Å². The van der Waals surface area contributed by atoms with E-state index in [1.807, 2.05) is 28.8 Å². The third-order valence-corrected chi connectivity index (χ3v) is 2.63. The number of pyridine rings is 1. The summed E-state index contributed by atoms with van der Waals surface area (Å²) in [6.07, 6.45) is 4.17. The highest BCUT2D eigenvalue weighted by Gasteiger charge is 2.15. The van der Waals surface area contributed by atoms with Gasteiger partial charge in [-0.2, -0.15) is 0 Å². The summed E-state index contributed by atoms with van der Waals surface area (Å²) < 4.78 is 2.02. The summed E-state index contributed by atoms with van der Waals surface area (Å²) in [5.74, 6) is 1.29. The van der Waals surface area contributed by atoms with Crippen LogP contribution in [-0.4, -0.2) is 21.1 Å². The number of fused-ring (bicyclic) bond motifs is 1. The van der Waals surface area contributed by atoms with E-state index in [1.54, 1.807) is 0 Å². The normalized spacial score (nSPS) is 13.2. The van der Waals surface area contributed by atoms with Crippen molar-refractivity contribution in [1.82, 2.24) is 14.6 Å². The zero-order valence-electron chi connectivity index (χ0n) is 8.93. The van der Waals surface area contributed by atoms with Crippen molar-refractivity contribution in [2.24, 2.45) is 5.73 Å². The second-order valence-corrected chi connectivity index (χ2v) is 3.71. The van der Waals surface area contributed by atoms with E-state index in [-0.39, 0.29) is 0 Å². The second-order valence-electron chi connectivity index (χ2n) is 3.71. The first kappa shape index (κ1) is 10.1. The summed E-state index contributed by atoms with van der Waals surface area (Å²) in [7, 11) is 0. The third-order valence-electron chi connectivity index (χ3n) is 2.63. The zero-order valence-corrected chi connectivity index (χ0v) is 8.93. The van der Waals surface area contributed by atoms with Crippen molar-refractivity contribution in [3.8, 4) is 0 Å². The Hall–Kier alpha value is -1.42. The fourth-order valence-electron chi connectivity index (χ4n) is 1.84. The second kappa shape index (κ2) is 4.40. The summed E-state index contributed by atoms with van der Waals surface area (Å²) in [5.41, 5.74) is 6.65. The number of aromatic nitrogens is 3. The molecule has 0 aliphatic carbocycles. The van der Waals surface area contributed by atoms with Crippen LogP contribution in [0.1, 0.15) is 31.5 Å². The number of hydrogen-bond donors (Lipinski definition) is 1. The molecule has 15 heavy (non-hydrogen) atoms. The van der Waals surface area contributed by atoms with Crippen molar-refractivity contribution in [1.29, 1.82) is 0 Å².